The van der Waals surface area contributed by atoms with Gasteiger partial charge in [0.1, 0.15) is 17.3 Å². The van der Waals surface area contributed by atoms with Crippen LogP contribution in [-0.2, 0) is 0 Å². The van der Waals surface area contributed by atoms with Crippen LogP contribution in [0.5, 0.6) is 5.88 Å². The molecule has 2 aromatic carbocycles. The van der Waals surface area contributed by atoms with E-state index in [0.717, 1.165) is 16.2 Å². The number of nitriles is 1. The van der Waals surface area contributed by atoms with Gasteiger partial charge in [-0.05, 0) is 25.5 Å². The molecule has 3 rings (SSSR count). The number of nitro groups is 1. The first kappa shape index (κ1) is 21.7. The maximum atomic E-state index is 13.2. The fraction of sp³-hybridized carbons (Fsp3) is 0.143. The molecule has 156 valence electrons. The fourth-order valence-corrected chi connectivity index (χ4v) is 3.28. The summed E-state index contributed by atoms with van der Waals surface area (Å²) >= 11 is 6.03. The molecule has 0 spiro atoms. The minimum absolute atomic E-state index is 0.0205. The Balaban J connectivity index is 2.15. The number of nitrogens with zero attached hydrogens (tertiary/aromatic N) is 5. The lowest BCUT2D eigenvalue weighted by atomic mass is 10.1. The number of azo groups is 1. The number of nitro benzene ring substituents is 1. The Hall–Kier alpha value is -4.03. The van der Waals surface area contributed by atoms with Crippen molar-refractivity contribution in [2.75, 3.05) is 0 Å². The summed E-state index contributed by atoms with van der Waals surface area (Å²) in [6.45, 7) is 3.18. The molecule has 0 aliphatic carbocycles. The van der Waals surface area contributed by atoms with E-state index in [2.05, 4.69) is 10.2 Å². The lowest BCUT2D eigenvalue weighted by Crippen LogP contribution is -2.25. The lowest BCUT2D eigenvalue weighted by Gasteiger charge is -2.19. The standard InChI is InChI=1S/C21H16ClN5O4/c1-12-16(11-23)20(28)26(13(2)14-6-4-3-5-7-14)21(29)19(12)25-24-18-9-8-15(27(30)31)10-17(18)22/h3-10,13,28H,1-2H3. The summed E-state index contributed by atoms with van der Waals surface area (Å²) in [7, 11) is 0. The Kier molecular flexibility index (Phi) is 6.13. The summed E-state index contributed by atoms with van der Waals surface area (Å²) in [5.74, 6) is -0.464. The molecule has 31 heavy (non-hydrogen) atoms. The highest BCUT2D eigenvalue weighted by atomic mass is 35.5. The number of hydrogen-bond acceptors (Lipinski definition) is 7. The number of rotatable bonds is 5. The third kappa shape index (κ3) is 4.15. The zero-order valence-corrected chi connectivity index (χ0v) is 17.2. The highest BCUT2D eigenvalue weighted by Gasteiger charge is 2.23. The Morgan fingerprint density at radius 2 is 1.90 bits per heavy atom. The van der Waals surface area contributed by atoms with Gasteiger partial charge in [-0.2, -0.15) is 5.26 Å². The van der Waals surface area contributed by atoms with Crippen molar-refractivity contribution in [2.24, 2.45) is 10.2 Å². The zero-order chi connectivity index (χ0) is 22.7. The van der Waals surface area contributed by atoms with Crippen LogP contribution in [-0.4, -0.2) is 14.6 Å². The number of pyridine rings is 1. The smallest absolute Gasteiger partial charge is 0.282 e. The quantitative estimate of drug-likeness (QED) is 0.327. The van der Waals surface area contributed by atoms with E-state index in [0.29, 0.717) is 0 Å². The molecule has 1 N–H and O–H groups in total. The van der Waals surface area contributed by atoms with Gasteiger partial charge >= 0.3 is 0 Å². The molecule has 1 heterocycles. The second kappa shape index (κ2) is 8.77. The SMILES string of the molecule is Cc1c(C#N)c(O)n(C(C)c2ccccc2)c(=O)c1N=Nc1ccc([N+](=O)[O-])cc1Cl. The van der Waals surface area contributed by atoms with Crippen LogP contribution >= 0.6 is 11.6 Å². The van der Waals surface area contributed by atoms with E-state index in [1.54, 1.807) is 31.2 Å². The second-order valence-electron chi connectivity index (χ2n) is 6.64. The summed E-state index contributed by atoms with van der Waals surface area (Å²) < 4.78 is 1.08. The molecular formula is C21H16ClN5O4. The molecule has 0 radical (unpaired) electrons. The van der Waals surface area contributed by atoms with Crippen LogP contribution in [0.25, 0.3) is 0 Å². The van der Waals surface area contributed by atoms with Gasteiger partial charge in [0.05, 0.1) is 16.0 Å². The number of aromatic hydroxyl groups is 1. The first-order valence-electron chi connectivity index (χ1n) is 9.05. The molecule has 0 saturated heterocycles. The number of non-ortho nitro benzene ring substituents is 1. The van der Waals surface area contributed by atoms with Gasteiger partial charge in [0.15, 0.2) is 5.69 Å². The molecule has 3 aromatic rings. The average Bonchev–Trinajstić information content (AvgIpc) is 2.75. The van der Waals surface area contributed by atoms with E-state index in [-0.39, 0.29) is 33.2 Å². The number of hydrogen-bond donors (Lipinski definition) is 1. The normalized spacial score (nSPS) is 11.9. The highest BCUT2D eigenvalue weighted by Crippen LogP contribution is 2.33. The molecule has 0 aliphatic rings. The predicted molar refractivity (Wildman–Crippen MR) is 114 cm³/mol. The highest BCUT2D eigenvalue weighted by molar-refractivity contribution is 6.33. The van der Waals surface area contributed by atoms with Crippen molar-refractivity contribution in [3.63, 3.8) is 0 Å². The Morgan fingerprint density at radius 3 is 2.48 bits per heavy atom. The minimum Gasteiger partial charge on any atom is -0.493 e. The van der Waals surface area contributed by atoms with Crippen LogP contribution in [0.2, 0.25) is 5.02 Å². The Morgan fingerprint density at radius 1 is 1.23 bits per heavy atom. The maximum Gasteiger partial charge on any atom is 0.282 e. The second-order valence-corrected chi connectivity index (χ2v) is 7.05. The lowest BCUT2D eigenvalue weighted by molar-refractivity contribution is -0.384. The fourth-order valence-electron chi connectivity index (χ4n) is 3.06. The van der Waals surface area contributed by atoms with Crippen molar-refractivity contribution in [1.29, 1.82) is 5.26 Å². The van der Waals surface area contributed by atoms with Gasteiger partial charge in [0.25, 0.3) is 11.2 Å². The van der Waals surface area contributed by atoms with Crippen molar-refractivity contribution >= 4 is 28.7 Å². The summed E-state index contributed by atoms with van der Waals surface area (Å²) in [6, 6.07) is 13.9. The van der Waals surface area contributed by atoms with Gasteiger partial charge in [-0.1, -0.05) is 41.9 Å². The molecule has 1 atom stereocenters. The predicted octanol–water partition coefficient (Wildman–Crippen LogP) is 5.32. The van der Waals surface area contributed by atoms with Crippen LogP contribution in [0.15, 0.2) is 63.6 Å². The van der Waals surface area contributed by atoms with E-state index < -0.39 is 22.4 Å². The number of aromatic nitrogens is 1. The van der Waals surface area contributed by atoms with Gasteiger partial charge in [-0.25, -0.2) is 0 Å². The largest absolute Gasteiger partial charge is 0.493 e. The van der Waals surface area contributed by atoms with Crippen molar-refractivity contribution in [3.05, 3.63) is 90.7 Å². The minimum atomic E-state index is -0.646. The van der Waals surface area contributed by atoms with Crippen molar-refractivity contribution in [2.45, 2.75) is 19.9 Å². The van der Waals surface area contributed by atoms with Gasteiger partial charge < -0.3 is 5.11 Å². The molecule has 0 bridgehead atoms. The molecule has 1 aromatic heterocycles. The van der Waals surface area contributed by atoms with Crippen LogP contribution in [0, 0.1) is 28.4 Å². The number of halogens is 1. The molecular weight excluding hydrogens is 422 g/mol. The molecule has 9 nitrogen and oxygen atoms in total. The van der Waals surface area contributed by atoms with E-state index in [1.807, 2.05) is 12.1 Å². The molecule has 10 heteroatoms. The van der Waals surface area contributed by atoms with E-state index in [9.17, 15) is 25.3 Å². The van der Waals surface area contributed by atoms with E-state index >= 15 is 0 Å². The topological polar surface area (TPSA) is 134 Å². The molecule has 1 unspecified atom stereocenters. The first-order chi connectivity index (χ1) is 14.8. The molecule has 0 amide bonds. The van der Waals surface area contributed by atoms with Crippen molar-refractivity contribution in [1.82, 2.24) is 4.57 Å². The Labute approximate surface area is 181 Å². The van der Waals surface area contributed by atoms with E-state index in [1.165, 1.54) is 19.1 Å². The summed E-state index contributed by atoms with van der Waals surface area (Å²) in [6.07, 6.45) is 0. The van der Waals surface area contributed by atoms with Crippen LogP contribution < -0.4 is 5.56 Å². The van der Waals surface area contributed by atoms with Crippen LogP contribution in [0.1, 0.15) is 29.7 Å². The summed E-state index contributed by atoms with van der Waals surface area (Å²) in [5.41, 5.74) is -0.0991. The average molecular weight is 438 g/mol. The van der Waals surface area contributed by atoms with Gasteiger partial charge in [0.2, 0.25) is 5.88 Å². The zero-order valence-electron chi connectivity index (χ0n) is 16.5. The monoisotopic (exact) mass is 437 g/mol. The third-order valence-corrected chi connectivity index (χ3v) is 5.09. The summed E-state index contributed by atoms with van der Waals surface area (Å²) in [4.78, 5) is 23.4. The molecule has 0 fully saturated rings. The van der Waals surface area contributed by atoms with Crippen LogP contribution in [0.4, 0.5) is 17.1 Å². The van der Waals surface area contributed by atoms with Crippen molar-refractivity contribution < 1.29 is 10.0 Å². The van der Waals surface area contributed by atoms with Gasteiger partial charge in [-0.3, -0.25) is 19.5 Å². The molecule has 0 saturated carbocycles. The molecule has 0 aliphatic heterocycles. The third-order valence-electron chi connectivity index (χ3n) is 4.78. The summed E-state index contributed by atoms with van der Waals surface area (Å²) in [5, 5.41) is 38.9. The number of benzene rings is 2. The van der Waals surface area contributed by atoms with E-state index in [4.69, 9.17) is 11.6 Å². The van der Waals surface area contributed by atoms with Gasteiger partial charge in [-0.15, -0.1) is 10.2 Å². The van der Waals surface area contributed by atoms with Crippen molar-refractivity contribution in [3.8, 4) is 11.9 Å². The van der Waals surface area contributed by atoms with Gasteiger partial charge in [0, 0.05) is 17.7 Å². The Bertz CT molecular complexity index is 1300. The first-order valence-corrected chi connectivity index (χ1v) is 9.42. The maximum absolute atomic E-state index is 13.2. The van der Waals surface area contributed by atoms with Crippen LogP contribution in [0.3, 0.4) is 0 Å².